The molecule has 2 rings (SSSR count). The maximum atomic E-state index is 12.9. The minimum atomic E-state index is -0.592. The molecule has 0 spiro atoms. The van der Waals surface area contributed by atoms with Gasteiger partial charge in [-0.15, -0.1) is 0 Å². The highest BCUT2D eigenvalue weighted by molar-refractivity contribution is 5.92. The number of carbonyl (C=O) groups is 1. The number of benzene rings is 1. The van der Waals surface area contributed by atoms with Crippen molar-refractivity contribution in [1.29, 1.82) is 0 Å². The lowest BCUT2D eigenvalue weighted by molar-refractivity contribution is -0.129. The third-order valence-electron chi connectivity index (χ3n) is 4.33. The lowest BCUT2D eigenvalue weighted by atomic mass is 9.87. The maximum Gasteiger partial charge on any atom is 0.249 e. The van der Waals surface area contributed by atoms with Gasteiger partial charge in [0.25, 0.3) is 0 Å². The molecule has 3 nitrogen and oxygen atoms in total. The van der Waals surface area contributed by atoms with Crippen LogP contribution in [0.5, 0.6) is 0 Å². The van der Waals surface area contributed by atoms with Gasteiger partial charge in [0.2, 0.25) is 5.91 Å². The predicted octanol–water partition coefficient (Wildman–Crippen LogP) is 3.45. The van der Waals surface area contributed by atoms with E-state index in [9.17, 15) is 14.3 Å². The second-order valence-electron chi connectivity index (χ2n) is 5.92. The summed E-state index contributed by atoms with van der Waals surface area (Å²) in [6, 6.07) is 6.00. The molecule has 1 aliphatic heterocycles. The fourth-order valence-electron chi connectivity index (χ4n) is 2.99. The van der Waals surface area contributed by atoms with Crippen molar-refractivity contribution in [3.05, 3.63) is 47.3 Å². The van der Waals surface area contributed by atoms with E-state index in [1.54, 1.807) is 12.1 Å². The third-order valence-corrected chi connectivity index (χ3v) is 4.33. The van der Waals surface area contributed by atoms with Gasteiger partial charge in [-0.2, -0.15) is 0 Å². The Morgan fingerprint density at radius 3 is 2.50 bits per heavy atom. The summed E-state index contributed by atoms with van der Waals surface area (Å²) in [5, 5.41) is 10.4. The maximum absolute atomic E-state index is 12.9. The summed E-state index contributed by atoms with van der Waals surface area (Å²) in [5.74, 6) is -0.0869. The molecule has 1 atom stereocenters. The number of allylic oxidation sites excluding steroid dienone is 1. The van der Waals surface area contributed by atoms with Gasteiger partial charge in [-0.25, -0.2) is 4.39 Å². The number of hydrogen-bond donors (Lipinski definition) is 1. The lowest BCUT2D eigenvalue weighted by Gasteiger charge is -2.34. The van der Waals surface area contributed by atoms with Gasteiger partial charge < -0.3 is 10.0 Å². The molecular weight excluding hydrogens is 281 g/mol. The number of likely N-dealkylation sites (tertiary alicyclic amines) is 1. The molecule has 0 saturated carbocycles. The molecule has 1 aromatic rings. The van der Waals surface area contributed by atoms with E-state index >= 15 is 0 Å². The van der Waals surface area contributed by atoms with Gasteiger partial charge >= 0.3 is 0 Å². The van der Waals surface area contributed by atoms with E-state index in [2.05, 4.69) is 0 Å². The van der Waals surface area contributed by atoms with Crippen molar-refractivity contribution in [2.75, 3.05) is 13.1 Å². The molecule has 0 bridgehead atoms. The lowest BCUT2D eigenvalue weighted by Crippen LogP contribution is -2.40. The molecule has 4 heteroatoms. The standard InChI is InChI=1S/C18H24FNO2/c1-3-4-13(2)18(22)20-11-9-15(10-12-20)17(21)14-5-7-16(19)8-6-14/h4-8,15,17,21H,3,9-12H2,1-2H3/b13-4+/t17-/m0/s1. The van der Waals surface area contributed by atoms with Crippen LogP contribution in [0.25, 0.3) is 0 Å². The van der Waals surface area contributed by atoms with Crippen molar-refractivity contribution in [2.24, 2.45) is 5.92 Å². The van der Waals surface area contributed by atoms with Crippen molar-refractivity contribution < 1.29 is 14.3 Å². The summed E-state index contributed by atoms with van der Waals surface area (Å²) in [6.07, 6.45) is 3.75. The van der Waals surface area contributed by atoms with Crippen molar-refractivity contribution in [2.45, 2.75) is 39.2 Å². The Labute approximate surface area is 131 Å². The molecule has 0 radical (unpaired) electrons. The van der Waals surface area contributed by atoms with Crippen molar-refractivity contribution in [1.82, 2.24) is 4.90 Å². The summed E-state index contributed by atoms with van der Waals surface area (Å²) in [5.41, 5.74) is 1.54. The number of piperidine rings is 1. The van der Waals surface area contributed by atoms with Crippen LogP contribution in [-0.2, 0) is 4.79 Å². The van der Waals surface area contributed by atoms with E-state index in [1.165, 1.54) is 12.1 Å². The van der Waals surface area contributed by atoms with E-state index in [4.69, 9.17) is 0 Å². The number of carbonyl (C=O) groups excluding carboxylic acids is 1. The van der Waals surface area contributed by atoms with Crippen LogP contribution in [0, 0.1) is 11.7 Å². The molecule has 1 saturated heterocycles. The first kappa shape index (κ1) is 16.7. The smallest absolute Gasteiger partial charge is 0.249 e. The van der Waals surface area contributed by atoms with E-state index < -0.39 is 6.10 Å². The second kappa shape index (κ2) is 7.54. The first-order chi connectivity index (χ1) is 10.5. The van der Waals surface area contributed by atoms with Crippen LogP contribution in [0.15, 0.2) is 35.9 Å². The Balaban J connectivity index is 1.93. The summed E-state index contributed by atoms with van der Waals surface area (Å²) in [4.78, 5) is 14.1. The first-order valence-electron chi connectivity index (χ1n) is 7.92. The normalized spacial score (nSPS) is 18.4. The van der Waals surface area contributed by atoms with Gasteiger partial charge in [0.15, 0.2) is 0 Å². The molecule has 0 unspecified atom stereocenters. The van der Waals surface area contributed by atoms with Gasteiger partial charge in [0.05, 0.1) is 6.10 Å². The first-order valence-corrected chi connectivity index (χ1v) is 7.92. The number of hydrogen-bond acceptors (Lipinski definition) is 2. The molecule has 0 aliphatic carbocycles. The Morgan fingerprint density at radius 1 is 1.36 bits per heavy atom. The zero-order valence-electron chi connectivity index (χ0n) is 13.3. The van der Waals surface area contributed by atoms with Crippen LogP contribution < -0.4 is 0 Å². The van der Waals surface area contributed by atoms with E-state index in [0.29, 0.717) is 13.1 Å². The number of aliphatic hydroxyl groups is 1. The zero-order valence-corrected chi connectivity index (χ0v) is 13.3. The molecule has 1 fully saturated rings. The zero-order chi connectivity index (χ0) is 16.1. The fraction of sp³-hybridized carbons (Fsp3) is 0.500. The van der Waals surface area contributed by atoms with Gasteiger partial charge in [0.1, 0.15) is 5.82 Å². The quantitative estimate of drug-likeness (QED) is 0.866. The highest BCUT2D eigenvalue weighted by Gasteiger charge is 2.28. The van der Waals surface area contributed by atoms with Crippen molar-refractivity contribution in [3.8, 4) is 0 Å². The number of rotatable bonds is 4. The minimum absolute atomic E-state index is 0.0940. The molecule has 120 valence electrons. The topological polar surface area (TPSA) is 40.5 Å². The molecule has 1 amide bonds. The largest absolute Gasteiger partial charge is 0.388 e. The molecule has 1 aromatic carbocycles. The molecule has 1 aliphatic rings. The Morgan fingerprint density at radius 2 is 1.95 bits per heavy atom. The van der Waals surface area contributed by atoms with Crippen LogP contribution in [0.3, 0.4) is 0 Å². The molecule has 22 heavy (non-hydrogen) atoms. The van der Waals surface area contributed by atoms with E-state index in [0.717, 1.165) is 30.4 Å². The number of halogens is 1. The Hall–Kier alpha value is -1.68. The Bertz CT molecular complexity index is 531. The highest BCUT2D eigenvalue weighted by Crippen LogP contribution is 2.31. The minimum Gasteiger partial charge on any atom is -0.388 e. The second-order valence-corrected chi connectivity index (χ2v) is 5.92. The van der Waals surface area contributed by atoms with Crippen LogP contribution >= 0.6 is 0 Å². The average molecular weight is 305 g/mol. The van der Waals surface area contributed by atoms with Gasteiger partial charge in [-0.3, -0.25) is 4.79 Å². The van der Waals surface area contributed by atoms with Gasteiger partial charge in [-0.1, -0.05) is 25.1 Å². The summed E-state index contributed by atoms with van der Waals surface area (Å²) >= 11 is 0. The number of aliphatic hydroxyl groups excluding tert-OH is 1. The predicted molar refractivity (Wildman–Crippen MR) is 84.7 cm³/mol. The molecule has 0 aromatic heterocycles. The van der Waals surface area contributed by atoms with Crippen molar-refractivity contribution >= 4 is 5.91 Å². The molecule has 1 heterocycles. The monoisotopic (exact) mass is 305 g/mol. The van der Waals surface area contributed by atoms with Gasteiger partial charge in [0, 0.05) is 18.7 Å². The third kappa shape index (κ3) is 3.95. The molecular formula is C18H24FNO2. The van der Waals surface area contributed by atoms with Gasteiger partial charge in [-0.05, 0) is 49.8 Å². The molecule has 1 N–H and O–H groups in total. The number of nitrogens with zero attached hydrogens (tertiary/aromatic N) is 1. The van der Waals surface area contributed by atoms with E-state index in [-0.39, 0.29) is 17.6 Å². The summed E-state index contributed by atoms with van der Waals surface area (Å²) in [7, 11) is 0. The highest BCUT2D eigenvalue weighted by atomic mass is 19.1. The van der Waals surface area contributed by atoms with Crippen LogP contribution in [0.1, 0.15) is 44.8 Å². The number of amides is 1. The van der Waals surface area contributed by atoms with Crippen LogP contribution in [0.2, 0.25) is 0 Å². The summed E-state index contributed by atoms with van der Waals surface area (Å²) < 4.78 is 12.9. The summed E-state index contributed by atoms with van der Waals surface area (Å²) in [6.45, 7) is 5.20. The van der Waals surface area contributed by atoms with Crippen LogP contribution in [-0.4, -0.2) is 29.0 Å². The average Bonchev–Trinajstić information content (AvgIpc) is 2.54. The van der Waals surface area contributed by atoms with Crippen molar-refractivity contribution in [3.63, 3.8) is 0 Å². The SMILES string of the molecule is CC/C=C(\C)C(=O)N1CCC([C@@H](O)c2ccc(F)cc2)CC1. The van der Waals surface area contributed by atoms with E-state index in [1.807, 2.05) is 24.8 Å². The van der Waals surface area contributed by atoms with Crippen LogP contribution in [0.4, 0.5) is 4.39 Å². The fourth-order valence-corrected chi connectivity index (χ4v) is 2.99. The Kier molecular flexibility index (Phi) is 5.72.